The second-order valence-electron chi connectivity index (χ2n) is 11.4. The van der Waals surface area contributed by atoms with Crippen LogP contribution in [-0.2, 0) is 11.2 Å². The molecular weight excluding hydrogens is 443 g/mol. The predicted octanol–water partition coefficient (Wildman–Crippen LogP) is 6.11. The van der Waals surface area contributed by atoms with Gasteiger partial charge in [0.2, 0.25) is 0 Å². The van der Waals surface area contributed by atoms with Crippen molar-refractivity contribution in [1.82, 2.24) is 10.2 Å². The van der Waals surface area contributed by atoms with Crippen LogP contribution in [-0.4, -0.2) is 42.8 Å². The summed E-state index contributed by atoms with van der Waals surface area (Å²) in [4.78, 5) is 15.4. The Bertz CT molecular complexity index is 1090. The van der Waals surface area contributed by atoms with Crippen LogP contribution < -0.4 is 10.1 Å². The average molecular weight is 481 g/mol. The molecule has 2 atom stereocenters. The van der Waals surface area contributed by atoms with Gasteiger partial charge in [0.15, 0.2) is 11.6 Å². The van der Waals surface area contributed by atoms with Crippen LogP contribution in [0.3, 0.4) is 0 Å². The molecule has 4 aliphatic rings. The minimum atomic E-state index is -0.356. The molecule has 0 saturated carbocycles. The second kappa shape index (κ2) is 9.45. The number of alkyl carbamates (subject to hydrolysis) is 1. The number of fused-ring (bicyclic) bond motifs is 4. The molecule has 1 N–H and O–H groups in total. The monoisotopic (exact) mass is 480 g/mol. The van der Waals surface area contributed by atoms with Crippen molar-refractivity contribution in [2.45, 2.75) is 71.6 Å². The number of amides is 1. The Balaban J connectivity index is 1.34. The Kier molecular flexibility index (Phi) is 6.51. The molecule has 6 heteroatoms. The second-order valence-corrected chi connectivity index (χ2v) is 11.4. The van der Waals surface area contributed by atoms with Crippen LogP contribution in [0.5, 0.6) is 5.75 Å². The number of piperidine rings is 3. The maximum absolute atomic E-state index is 14.6. The molecule has 3 aliphatic heterocycles. The van der Waals surface area contributed by atoms with Gasteiger partial charge in [-0.25, -0.2) is 9.18 Å². The molecule has 2 aromatic rings. The number of carbonyl (C=O) groups excluding carboxylic acids is 1. The third kappa shape index (κ3) is 5.04. The molecule has 2 aromatic carbocycles. The van der Waals surface area contributed by atoms with Crippen molar-refractivity contribution in [3.63, 3.8) is 0 Å². The average Bonchev–Trinajstić information content (AvgIpc) is 2.82. The Morgan fingerprint density at radius 1 is 1.11 bits per heavy atom. The van der Waals surface area contributed by atoms with Gasteiger partial charge in [-0.05, 0) is 98.3 Å². The van der Waals surface area contributed by atoms with Gasteiger partial charge in [-0.2, -0.15) is 0 Å². The molecule has 2 bridgehead atoms. The number of rotatable bonds is 5. The van der Waals surface area contributed by atoms with Gasteiger partial charge < -0.3 is 14.8 Å². The van der Waals surface area contributed by atoms with Crippen LogP contribution in [0.4, 0.5) is 9.18 Å². The van der Waals surface area contributed by atoms with Gasteiger partial charge >= 0.3 is 6.09 Å². The Morgan fingerprint density at radius 3 is 2.49 bits per heavy atom. The number of aryl methyl sites for hydroxylation is 1. The molecule has 3 saturated heterocycles. The minimum Gasteiger partial charge on any atom is -0.488 e. The quantitative estimate of drug-likeness (QED) is 0.561. The first-order chi connectivity index (χ1) is 16.7. The van der Waals surface area contributed by atoms with Crippen LogP contribution >= 0.6 is 0 Å². The van der Waals surface area contributed by atoms with Gasteiger partial charge in [0, 0.05) is 6.54 Å². The van der Waals surface area contributed by atoms with Gasteiger partial charge in [-0.1, -0.05) is 38.1 Å². The lowest BCUT2D eigenvalue weighted by atomic mass is 9.70. The highest BCUT2D eigenvalue weighted by atomic mass is 19.1. The van der Waals surface area contributed by atoms with E-state index in [9.17, 15) is 9.18 Å². The van der Waals surface area contributed by atoms with Gasteiger partial charge in [0.05, 0.1) is 12.1 Å². The molecular formula is C29H37FN2O3. The van der Waals surface area contributed by atoms with Crippen LogP contribution in [0, 0.1) is 17.2 Å². The number of benzene rings is 2. The summed E-state index contributed by atoms with van der Waals surface area (Å²) >= 11 is 0. The number of ether oxygens (including phenoxy) is 2. The molecule has 1 amide bonds. The fraction of sp³-hybridized carbons (Fsp3) is 0.552. The summed E-state index contributed by atoms with van der Waals surface area (Å²) in [6.07, 6.45) is 3.69. The number of halogens is 1. The van der Waals surface area contributed by atoms with E-state index >= 15 is 0 Å². The molecule has 3 fully saturated rings. The first kappa shape index (κ1) is 24.1. The van der Waals surface area contributed by atoms with Gasteiger partial charge in [0.1, 0.15) is 6.10 Å². The van der Waals surface area contributed by atoms with E-state index in [4.69, 9.17) is 9.47 Å². The van der Waals surface area contributed by atoms with E-state index in [1.807, 2.05) is 26.0 Å². The lowest BCUT2D eigenvalue weighted by Crippen LogP contribution is -2.53. The van der Waals surface area contributed by atoms with Crippen LogP contribution in [0.15, 0.2) is 36.4 Å². The number of hydrogen-bond acceptors (Lipinski definition) is 4. The van der Waals surface area contributed by atoms with Crippen LogP contribution in [0.1, 0.15) is 64.1 Å². The van der Waals surface area contributed by atoms with Gasteiger partial charge in [-0.3, -0.25) is 4.90 Å². The van der Waals surface area contributed by atoms with Crippen molar-refractivity contribution < 1.29 is 18.7 Å². The molecule has 6 rings (SSSR count). The van der Waals surface area contributed by atoms with E-state index in [2.05, 4.69) is 36.2 Å². The van der Waals surface area contributed by atoms with E-state index in [1.165, 1.54) is 11.6 Å². The van der Waals surface area contributed by atoms with E-state index in [1.54, 1.807) is 6.07 Å². The van der Waals surface area contributed by atoms with Crippen LogP contribution in [0.2, 0.25) is 0 Å². The summed E-state index contributed by atoms with van der Waals surface area (Å²) in [6, 6.07) is 11.2. The summed E-state index contributed by atoms with van der Waals surface area (Å²) in [6.45, 7) is 11.3. The van der Waals surface area contributed by atoms with Crippen molar-refractivity contribution >= 4 is 6.09 Å². The standard InChI is InChI=1S/C29H37FN2O3/c1-18(2)34-25-8-6-21(16-24(25)30)20-5-7-23-22(15-20)9-12-29(3,4)27(23)31-28(33)35-26-17-32-13-10-19(26)11-14-32/h5-8,15-16,18-19,26-27H,9-14,17H2,1-4H3,(H,31,33)/t26-,27-/m0/s1. The SMILES string of the molecule is CC(C)Oc1ccc(-c2ccc3c(c2)CCC(C)(C)[C@H]3NC(=O)O[C@H]2CN3CCC2CC3)cc1F. The van der Waals surface area contributed by atoms with Crippen molar-refractivity contribution in [3.05, 3.63) is 53.3 Å². The summed E-state index contributed by atoms with van der Waals surface area (Å²) in [7, 11) is 0. The lowest BCUT2D eigenvalue weighted by molar-refractivity contribution is -0.0353. The third-order valence-electron chi connectivity index (χ3n) is 8.02. The molecule has 1 aliphatic carbocycles. The number of hydrogen-bond donors (Lipinski definition) is 1. The maximum Gasteiger partial charge on any atom is 0.407 e. The van der Waals surface area contributed by atoms with Gasteiger partial charge in [0.25, 0.3) is 0 Å². The molecule has 0 aromatic heterocycles. The molecule has 35 heavy (non-hydrogen) atoms. The van der Waals surface area contributed by atoms with E-state index in [0.29, 0.717) is 5.92 Å². The van der Waals surface area contributed by atoms with E-state index < -0.39 is 0 Å². The Morgan fingerprint density at radius 2 is 1.83 bits per heavy atom. The third-order valence-corrected chi connectivity index (χ3v) is 8.02. The fourth-order valence-corrected chi connectivity index (χ4v) is 5.94. The maximum atomic E-state index is 14.6. The predicted molar refractivity (Wildman–Crippen MR) is 135 cm³/mol. The summed E-state index contributed by atoms with van der Waals surface area (Å²) in [5, 5.41) is 3.21. The van der Waals surface area contributed by atoms with Crippen molar-refractivity contribution in [2.75, 3.05) is 19.6 Å². The number of nitrogens with zero attached hydrogens (tertiary/aromatic N) is 1. The zero-order chi connectivity index (χ0) is 24.7. The molecule has 3 heterocycles. The molecule has 5 nitrogen and oxygen atoms in total. The molecule has 0 unspecified atom stereocenters. The summed E-state index contributed by atoms with van der Waals surface area (Å²) in [5.41, 5.74) is 4.00. The highest BCUT2D eigenvalue weighted by Crippen LogP contribution is 2.44. The first-order valence-electron chi connectivity index (χ1n) is 13.0. The van der Waals surface area contributed by atoms with E-state index in [0.717, 1.165) is 62.0 Å². The highest BCUT2D eigenvalue weighted by molar-refractivity contribution is 5.70. The minimum absolute atomic E-state index is 0.0106. The number of carbonyl (C=O) groups is 1. The largest absolute Gasteiger partial charge is 0.488 e. The normalized spacial score (nSPS) is 26.8. The summed E-state index contributed by atoms with van der Waals surface area (Å²) in [5.74, 6) is 0.400. The van der Waals surface area contributed by atoms with Crippen molar-refractivity contribution in [3.8, 4) is 16.9 Å². The van der Waals surface area contributed by atoms with Gasteiger partial charge in [-0.15, -0.1) is 0 Å². The zero-order valence-corrected chi connectivity index (χ0v) is 21.3. The molecule has 0 radical (unpaired) electrons. The Hall–Kier alpha value is -2.60. The Labute approximate surface area is 208 Å². The highest BCUT2D eigenvalue weighted by Gasteiger charge is 2.40. The zero-order valence-electron chi connectivity index (χ0n) is 21.3. The number of nitrogens with one attached hydrogen (secondary N) is 1. The molecule has 188 valence electrons. The smallest absolute Gasteiger partial charge is 0.407 e. The first-order valence-corrected chi connectivity index (χ1v) is 13.0. The van der Waals surface area contributed by atoms with Crippen LogP contribution in [0.25, 0.3) is 11.1 Å². The van der Waals surface area contributed by atoms with E-state index in [-0.39, 0.29) is 41.3 Å². The summed E-state index contributed by atoms with van der Waals surface area (Å²) < 4.78 is 26.1. The molecule has 0 spiro atoms. The van der Waals surface area contributed by atoms with Crippen molar-refractivity contribution in [2.24, 2.45) is 11.3 Å². The fourth-order valence-electron chi connectivity index (χ4n) is 5.94. The topological polar surface area (TPSA) is 50.8 Å². The lowest BCUT2D eigenvalue weighted by Gasteiger charge is -2.44. The van der Waals surface area contributed by atoms with Crippen molar-refractivity contribution in [1.29, 1.82) is 0 Å².